The standard InChI is InChI=1S/C57H65N11O20/c1-7-25-21(3)29-12-31-23(5)27(50(62-31)28-11-41(69)49-24(6)32(63-51(28)49)14-34-26(8-2)22(4)30(60-34)13-33(25)59-29)9-10-42(70)61-36(16-44(73)74)53(84)65-38(18-46(77)78)55(86)67-40(20-48(81)82)57(88)68-39(19-47(79)80)56(87)66-37(17-45(75)76)54(85)64-35(52(58)83)15-43(71)72/h7,12-14,23,27,35-40,62,69H,1,8-11,15-20H2,2-6H3,(H2,58,83)(H,61,70)(H,64,85)(H,65,84)(H,66,87)(H,67,86)(H,68,88)(H,71,72)(H,73,74)(H,75,76)(H,77,78)(H,79,80)(H,81,82)/t23-,27-,35+,36+,37+,38+,39+,40+/m0/s1. The molecule has 8 bridgehead atoms. The summed E-state index contributed by atoms with van der Waals surface area (Å²) in [5.74, 6) is -21.5. The van der Waals surface area contributed by atoms with Crippen molar-refractivity contribution in [3.05, 3.63) is 104 Å². The number of carbonyl (C=O) groups excluding carboxylic acids is 7. The number of hydrogen-bond donors (Lipinski definition) is 15. The van der Waals surface area contributed by atoms with Crippen LogP contribution in [-0.4, -0.2) is 166 Å². The third-order valence-electron chi connectivity index (χ3n) is 15.1. The number of nitrogens with zero attached hydrogens (tertiary/aromatic N) is 3. The molecule has 1 aliphatic carbocycles. The van der Waals surface area contributed by atoms with Crippen molar-refractivity contribution in [3.63, 3.8) is 0 Å². The number of aliphatic imine (C=N–C) groups is 3. The van der Waals surface area contributed by atoms with Gasteiger partial charge in [-0.3, -0.25) is 62.3 Å². The highest BCUT2D eigenvalue weighted by atomic mass is 16.4. The van der Waals surface area contributed by atoms with Gasteiger partial charge in [0.15, 0.2) is 0 Å². The largest absolute Gasteiger partial charge is 0.511 e. The van der Waals surface area contributed by atoms with Crippen LogP contribution in [0.4, 0.5) is 0 Å². The molecule has 5 heterocycles. The minimum Gasteiger partial charge on any atom is -0.511 e. The Labute approximate surface area is 499 Å². The van der Waals surface area contributed by atoms with E-state index >= 15 is 0 Å². The average Bonchev–Trinajstić information content (AvgIpc) is 1.61. The van der Waals surface area contributed by atoms with Crippen molar-refractivity contribution in [1.82, 2.24) is 37.2 Å². The third-order valence-corrected chi connectivity index (χ3v) is 15.1. The fourth-order valence-corrected chi connectivity index (χ4v) is 10.6. The summed E-state index contributed by atoms with van der Waals surface area (Å²) in [4.78, 5) is 179. The highest BCUT2D eigenvalue weighted by molar-refractivity contribution is 6.21. The van der Waals surface area contributed by atoms with E-state index in [1.807, 2.05) is 79.4 Å². The van der Waals surface area contributed by atoms with Crippen LogP contribution in [0.1, 0.15) is 98.8 Å². The van der Waals surface area contributed by atoms with E-state index in [0.29, 0.717) is 63.0 Å². The molecule has 16 N–H and O–H groups in total. The first-order valence-corrected chi connectivity index (χ1v) is 27.3. The van der Waals surface area contributed by atoms with Gasteiger partial charge in [0, 0.05) is 52.8 Å². The first kappa shape index (κ1) is 66.5. The fourth-order valence-electron chi connectivity index (χ4n) is 10.6. The summed E-state index contributed by atoms with van der Waals surface area (Å²) >= 11 is 0. The van der Waals surface area contributed by atoms with Crippen LogP contribution in [0.15, 0.2) is 119 Å². The van der Waals surface area contributed by atoms with E-state index in [1.54, 1.807) is 6.08 Å². The maximum Gasteiger partial charge on any atom is 0.305 e. The van der Waals surface area contributed by atoms with Crippen LogP contribution in [-0.2, 0) is 62.3 Å². The second-order valence-corrected chi connectivity index (χ2v) is 21.2. The predicted molar refractivity (Wildman–Crippen MR) is 306 cm³/mol. The van der Waals surface area contributed by atoms with Gasteiger partial charge in [-0.25, -0.2) is 15.0 Å². The SMILES string of the molecule is C=CC1=C(C)C2=NC1=CC1=NC(=CC3=C(C)C4=C(O)CC(=C5NC(=C2)[C@@H](C)[C@@H]5CCC(=O)N[C@H](CC(=O)O)C(=O)N[C@H](CC(=O)O)C(=O)N[C@H](CC(=O)O)C(=O)N[C@H](CC(=O)O)C(=O)N[C@H](CC(=O)O)C(=O)N[C@H](CC(=O)O)C(N)=O)C4=N3)C(CC)=C1C. The predicted octanol–water partition coefficient (Wildman–Crippen LogP) is -0.134. The Balaban J connectivity index is 1.22. The quantitative estimate of drug-likeness (QED) is 0.0464. The van der Waals surface area contributed by atoms with E-state index in [4.69, 9.17) is 25.8 Å². The molecule has 31 heteroatoms. The number of rotatable bonds is 29. The van der Waals surface area contributed by atoms with Crippen LogP contribution >= 0.6 is 0 Å². The van der Waals surface area contributed by atoms with E-state index < -0.39 is 158 Å². The molecule has 8 atom stereocenters. The topological polar surface area (TPSA) is 511 Å². The average molecular weight is 1220 g/mol. The number of hydrogen-bond acceptors (Lipinski definition) is 18. The van der Waals surface area contributed by atoms with Gasteiger partial charge in [-0.1, -0.05) is 26.5 Å². The van der Waals surface area contributed by atoms with Gasteiger partial charge in [-0.15, -0.1) is 0 Å². The lowest BCUT2D eigenvalue weighted by Gasteiger charge is -2.26. The van der Waals surface area contributed by atoms with Gasteiger partial charge < -0.3 is 78.7 Å². The number of aliphatic carboxylic acids is 6. The lowest BCUT2D eigenvalue weighted by molar-refractivity contribution is -0.145. The summed E-state index contributed by atoms with van der Waals surface area (Å²) in [6.45, 7) is 13.7. The van der Waals surface area contributed by atoms with Gasteiger partial charge >= 0.3 is 35.8 Å². The van der Waals surface area contributed by atoms with Gasteiger partial charge in [0.25, 0.3) is 0 Å². The minimum atomic E-state index is -2.34. The number of carboxylic acids is 6. The molecular formula is C57H65N11O20. The Bertz CT molecular complexity index is 3500. The molecule has 6 rings (SSSR count). The fraction of sp³-hybridized carbons (Fsp3) is 0.404. The van der Waals surface area contributed by atoms with Crippen molar-refractivity contribution < 1.29 is 98.1 Å². The number of aliphatic hydroxyl groups excluding tert-OH is 1. The van der Waals surface area contributed by atoms with Crippen LogP contribution in [0.2, 0.25) is 0 Å². The smallest absolute Gasteiger partial charge is 0.305 e. The molecule has 0 spiro atoms. The van der Waals surface area contributed by atoms with Crippen LogP contribution < -0.4 is 43.0 Å². The van der Waals surface area contributed by atoms with Gasteiger partial charge in [-0.2, -0.15) is 0 Å². The molecule has 1 fully saturated rings. The summed E-state index contributed by atoms with van der Waals surface area (Å²) in [6, 6.07) is -13.1. The number of fused-ring (bicyclic) bond motifs is 5. The van der Waals surface area contributed by atoms with Crippen LogP contribution in [0.5, 0.6) is 0 Å². The first-order chi connectivity index (χ1) is 41.3. The molecule has 1 saturated heterocycles. The number of aliphatic hydroxyl groups is 1. The monoisotopic (exact) mass is 1220 g/mol. The lowest BCUT2D eigenvalue weighted by atomic mass is 9.86. The number of nitrogens with two attached hydrogens (primary N) is 1. The van der Waals surface area contributed by atoms with E-state index in [0.717, 1.165) is 28.0 Å². The van der Waals surface area contributed by atoms with Crippen LogP contribution in [0.25, 0.3) is 0 Å². The number of carbonyl (C=O) groups is 13. The molecule has 0 saturated carbocycles. The van der Waals surface area contributed by atoms with E-state index in [9.17, 15) is 93.0 Å². The minimum absolute atomic E-state index is 0.0338. The third kappa shape index (κ3) is 15.8. The molecule has 88 heavy (non-hydrogen) atoms. The normalized spacial score (nSPS) is 19.4. The van der Waals surface area contributed by atoms with Crippen molar-refractivity contribution >= 4 is 94.3 Å². The number of allylic oxidation sites excluding steroid dienone is 12. The van der Waals surface area contributed by atoms with Crippen LogP contribution in [0.3, 0.4) is 0 Å². The molecule has 7 amide bonds. The van der Waals surface area contributed by atoms with Crippen molar-refractivity contribution in [2.45, 2.75) is 135 Å². The first-order valence-electron chi connectivity index (χ1n) is 27.3. The molecule has 0 aromatic heterocycles. The summed E-state index contributed by atoms with van der Waals surface area (Å²) in [7, 11) is 0. The Morgan fingerprint density at radius 1 is 0.602 bits per heavy atom. The Kier molecular flexibility index (Phi) is 21.2. The Morgan fingerprint density at radius 3 is 1.45 bits per heavy atom. The van der Waals surface area contributed by atoms with Crippen LogP contribution in [0, 0.1) is 11.8 Å². The zero-order chi connectivity index (χ0) is 65.3. The highest BCUT2D eigenvalue weighted by Gasteiger charge is 2.43. The van der Waals surface area contributed by atoms with Gasteiger partial charge in [0.2, 0.25) is 41.4 Å². The molecule has 0 aromatic carbocycles. The summed E-state index contributed by atoms with van der Waals surface area (Å²) in [5, 5.41) is 84.2. The zero-order valence-corrected chi connectivity index (χ0v) is 48.1. The molecular weight excluding hydrogens is 1160 g/mol. The number of carboxylic acid groups (broad SMARTS) is 6. The molecule has 5 aliphatic heterocycles. The maximum absolute atomic E-state index is 14.0. The molecule has 0 unspecified atom stereocenters. The Hall–Kier alpha value is -10.6. The van der Waals surface area contributed by atoms with Gasteiger partial charge in [-0.05, 0) is 74.1 Å². The van der Waals surface area contributed by atoms with E-state index in [-0.39, 0.29) is 30.9 Å². The summed E-state index contributed by atoms with van der Waals surface area (Å²) < 4.78 is 0. The van der Waals surface area contributed by atoms with Gasteiger partial charge in [0.05, 0.1) is 72.8 Å². The van der Waals surface area contributed by atoms with Crippen molar-refractivity contribution in [2.24, 2.45) is 32.5 Å². The highest BCUT2D eigenvalue weighted by Crippen LogP contribution is 2.46. The van der Waals surface area contributed by atoms with Crippen molar-refractivity contribution in [1.29, 1.82) is 0 Å². The number of primary amides is 1. The molecule has 31 nitrogen and oxygen atoms in total. The molecule has 6 aliphatic rings. The Morgan fingerprint density at radius 2 is 1.02 bits per heavy atom. The maximum atomic E-state index is 14.0. The lowest BCUT2D eigenvalue weighted by Crippen LogP contribution is -2.60. The van der Waals surface area contributed by atoms with Crippen molar-refractivity contribution in [2.75, 3.05) is 0 Å². The zero-order valence-electron chi connectivity index (χ0n) is 48.1. The second-order valence-electron chi connectivity index (χ2n) is 21.2. The summed E-state index contributed by atoms with van der Waals surface area (Å²) in [6.07, 6.45) is 0.171. The molecule has 468 valence electrons. The van der Waals surface area contributed by atoms with Crippen molar-refractivity contribution in [3.8, 4) is 0 Å². The van der Waals surface area contributed by atoms with E-state index in [2.05, 4.69) is 17.2 Å². The summed E-state index contributed by atoms with van der Waals surface area (Å²) in [5.41, 5.74) is 15.6. The second kappa shape index (κ2) is 28.1. The number of nitrogens with one attached hydrogen (secondary N) is 7. The number of amides is 7. The molecule has 0 aromatic rings. The van der Waals surface area contributed by atoms with Gasteiger partial charge in [0.1, 0.15) is 42.0 Å². The van der Waals surface area contributed by atoms with E-state index in [1.165, 1.54) is 0 Å². The molecule has 0 radical (unpaired) electrons.